The molecular formula is C19H13F7N4O2. The molecule has 32 heavy (non-hydrogen) atoms. The summed E-state index contributed by atoms with van der Waals surface area (Å²) in [6.45, 7) is -0.129. The molecule has 2 aromatic heterocycles. The van der Waals surface area contributed by atoms with E-state index in [2.05, 4.69) is 20.1 Å². The van der Waals surface area contributed by atoms with Gasteiger partial charge in [0.1, 0.15) is 5.82 Å². The van der Waals surface area contributed by atoms with Crippen LogP contribution < -0.4 is 10.1 Å². The molecule has 0 atom stereocenters. The molecule has 0 spiro atoms. The molecule has 3 aromatic rings. The number of hydrogen-bond acceptors (Lipinski definition) is 4. The zero-order valence-electron chi connectivity index (χ0n) is 15.8. The average molecular weight is 462 g/mol. The Bertz CT molecular complexity index is 1090. The molecule has 0 radical (unpaired) electrons. The Kier molecular flexibility index (Phi) is 6.37. The van der Waals surface area contributed by atoms with Crippen molar-refractivity contribution in [1.82, 2.24) is 20.1 Å². The fourth-order valence-electron chi connectivity index (χ4n) is 2.66. The van der Waals surface area contributed by atoms with Crippen LogP contribution in [0.4, 0.5) is 35.5 Å². The third kappa shape index (κ3) is 5.34. The highest BCUT2D eigenvalue weighted by Gasteiger charge is 2.41. The number of alkyl halides is 6. The standard InChI is InChI=1S/C19H13F7N4O2/c20-13-4-2-1-3-11(13)7-8-27-17(31)32-14-10-29-30(16(14)19(24,25)26)15-6-5-12(9-28-15)18(21,22)23/h1-6,9-10H,7-8H2,(H,27,31). The Morgan fingerprint density at radius 1 is 1.00 bits per heavy atom. The van der Waals surface area contributed by atoms with Crippen molar-refractivity contribution in [3.63, 3.8) is 0 Å². The van der Waals surface area contributed by atoms with Crippen LogP contribution in [-0.2, 0) is 18.8 Å². The van der Waals surface area contributed by atoms with E-state index >= 15 is 0 Å². The average Bonchev–Trinajstić information content (AvgIpc) is 3.13. The Labute approximate surface area is 175 Å². The number of rotatable bonds is 5. The summed E-state index contributed by atoms with van der Waals surface area (Å²) < 4.78 is 97.0. The van der Waals surface area contributed by atoms with Gasteiger partial charge in [0.25, 0.3) is 0 Å². The molecule has 0 saturated heterocycles. The molecule has 0 bridgehead atoms. The lowest BCUT2D eigenvalue weighted by Gasteiger charge is -2.13. The second-order valence-corrected chi connectivity index (χ2v) is 6.33. The molecule has 0 fully saturated rings. The van der Waals surface area contributed by atoms with Gasteiger partial charge in [0, 0.05) is 12.7 Å². The van der Waals surface area contributed by atoms with E-state index < -0.39 is 47.1 Å². The largest absolute Gasteiger partial charge is 0.437 e. The minimum atomic E-state index is -5.08. The quantitative estimate of drug-likeness (QED) is 0.555. The van der Waals surface area contributed by atoms with E-state index in [4.69, 9.17) is 0 Å². The monoisotopic (exact) mass is 462 g/mol. The molecule has 0 saturated carbocycles. The number of ether oxygens (including phenoxy) is 1. The van der Waals surface area contributed by atoms with Gasteiger partial charge in [-0.05, 0) is 30.2 Å². The van der Waals surface area contributed by atoms with Crippen molar-refractivity contribution in [1.29, 1.82) is 0 Å². The van der Waals surface area contributed by atoms with Gasteiger partial charge >= 0.3 is 18.4 Å². The predicted molar refractivity (Wildman–Crippen MR) is 95.5 cm³/mol. The van der Waals surface area contributed by atoms with E-state index in [1.807, 2.05) is 0 Å². The Morgan fingerprint density at radius 2 is 1.72 bits per heavy atom. The highest BCUT2D eigenvalue weighted by Crippen LogP contribution is 2.37. The van der Waals surface area contributed by atoms with Crippen molar-refractivity contribution in [2.24, 2.45) is 0 Å². The second kappa shape index (κ2) is 8.85. The molecule has 0 aliphatic heterocycles. The van der Waals surface area contributed by atoms with Gasteiger partial charge in [-0.15, -0.1) is 0 Å². The first-order valence-corrected chi connectivity index (χ1v) is 8.84. The number of nitrogens with zero attached hydrogens (tertiary/aromatic N) is 3. The van der Waals surface area contributed by atoms with Crippen molar-refractivity contribution in [2.45, 2.75) is 18.8 Å². The number of amides is 1. The molecule has 6 nitrogen and oxygen atoms in total. The van der Waals surface area contributed by atoms with Crippen LogP contribution in [0.5, 0.6) is 5.75 Å². The van der Waals surface area contributed by atoms with Crippen molar-refractivity contribution < 1.29 is 40.3 Å². The topological polar surface area (TPSA) is 69.0 Å². The van der Waals surface area contributed by atoms with Gasteiger partial charge in [0.2, 0.25) is 0 Å². The summed E-state index contributed by atoms with van der Waals surface area (Å²) >= 11 is 0. The zero-order valence-corrected chi connectivity index (χ0v) is 15.8. The Morgan fingerprint density at radius 3 is 2.31 bits per heavy atom. The lowest BCUT2D eigenvalue weighted by atomic mass is 10.1. The number of pyridine rings is 1. The fraction of sp³-hybridized carbons (Fsp3) is 0.211. The van der Waals surface area contributed by atoms with Crippen LogP contribution in [0.15, 0.2) is 48.8 Å². The summed E-state index contributed by atoms with van der Waals surface area (Å²) in [5.74, 6) is -2.06. The first kappa shape index (κ1) is 23.0. The molecule has 13 heteroatoms. The lowest BCUT2D eigenvalue weighted by Crippen LogP contribution is -2.29. The first-order valence-electron chi connectivity index (χ1n) is 8.84. The summed E-state index contributed by atoms with van der Waals surface area (Å²) in [6.07, 6.45) is -10.1. The van der Waals surface area contributed by atoms with E-state index in [0.717, 1.165) is 0 Å². The number of halogens is 7. The summed E-state index contributed by atoms with van der Waals surface area (Å²) in [5.41, 5.74) is -2.42. The number of carbonyl (C=O) groups is 1. The fourth-order valence-corrected chi connectivity index (χ4v) is 2.66. The summed E-state index contributed by atoms with van der Waals surface area (Å²) in [4.78, 5) is 15.3. The maximum Gasteiger partial charge on any atom is 0.437 e. The third-order valence-electron chi connectivity index (χ3n) is 4.12. The number of hydrogen-bond donors (Lipinski definition) is 1. The van der Waals surface area contributed by atoms with Crippen LogP contribution in [0.25, 0.3) is 5.82 Å². The highest BCUT2D eigenvalue weighted by atomic mass is 19.4. The molecule has 3 rings (SSSR count). The van der Waals surface area contributed by atoms with E-state index in [-0.39, 0.29) is 23.2 Å². The highest BCUT2D eigenvalue weighted by molar-refractivity contribution is 5.70. The number of nitrogens with one attached hydrogen (secondary N) is 1. The molecular weight excluding hydrogens is 449 g/mol. The van der Waals surface area contributed by atoms with Gasteiger partial charge in [-0.2, -0.15) is 31.4 Å². The summed E-state index contributed by atoms with van der Waals surface area (Å²) in [5, 5.41) is 5.62. The van der Waals surface area contributed by atoms with Crippen LogP contribution in [0.1, 0.15) is 16.8 Å². The van der Waals surface area contributed by atoms with Gasteiger partial charge in [-0.3, -0.25) is 0 Å². The van der Waals surface area contributed by atoms with Gasteiger partial charge in [0.05, 0.1) is 11.8 Å². The number of aromatic nitrogens is 3. The van der Waals surface area contributed by atoms with Gasteiger partial charge in [0.15, 0.2) is 17.3 Å². The minimum Gasteiger partial charge on any atom is -0.406 e. The summed E-state index contributed by atoms with van der Waals surface area (Å²) in [7, 11) is 0. The van der Waals surface area contributed by atoms with Crippen molar-refractivity contribution >= 4 is 6.09 Å². The zero-order chi connectivity index (χ0) is 23.5. The van der Waals surface area contributed by atoms with E-state index in [1.165, 1.54) is 18.2 Å². The SMILES string of the molecule is O=C(NCCc1ccccc1F)Oc1cnn(-c2ccc(C(F)(F)F)cn2)c1C(F)(F)F. The molecule has 2 heterocycles. The molecule has 0 unspecified atom stereocenters. The van der Waals surface area contributed by atoms with E-state index in [9.17, 15) is 35.5 Å². The molecule has 0 aliphatic carbocycles. The van der Waals surface area contributed by atoms with Crippen LogP contribution in [0.2, 0.25) is 0 Å². The molecule has 170 valence electrons. The summed E-state index contributed by atoms with van der Waals surface area (Å²) in [6, 6.07) is 6.99. The van der Waals surface area contributed by atoms with Crippen molar-refractivity contribution in [3.05, 3.63) is 71.4 Å². The van der Waals surface area contributed by atoms with E-state index in [1.54, 1.807) is 6.07 Å². The number of carbonyl (C=O) groups excluding carboxylic acids is 1. The second-order valence-electron chi connectivity index (χ2n) is 6.33. The van der Waals surface area contributed by atoms with E-state index in [0.29, 0.717) is 24.5 Å². The smallest absolute Gasteiger partial charge is 0.406 e. The van der Waals surface area contributed by atoms with Crippen molar-refractivity contribution in [2.75, 3.05) is 6.54 Å². The molecule has 0 aliphatic rings. The van der Waals surface area contributed by atoms with Gasteiger partial charge < -0.3 is 10.1 Å². The van der Waals surface area contributed by atoms with Gasteiger partial charge in [-0.25, -0.2) is 18.9 Å². The van der Waals surface area contributed by atoms with Crippen LogP contribution in [0, 0.1) is 5.82 Å². The first-order chi connectivity index (χ1) is 15.0. The molecule has 1 N–H and O–H groups in total. The van der Waals surface area contributed by atoms with Crippen molar-refractivity contribution in [3.8, 4) is 11.6 Å². The molecule has 1 amide bonds. The van der Waals surface area contributed by atoms with Gasteiger partial charge in [-0.1, -0.05) is 18.2 Å². The maximum absolute atomic E-state index is 13.6. The minimum absolute atomic E-state index is 0.0582. The maximum atomic E-state index is 13.6. The van der Waals surface area contributed by atoms with Crippen LogP contribution in [-0.4, -0.2) is 27.4 Å². The lowest BCUT2D eigenvalue weighted by molar-refractivity contribution is -0.144. The Hall–Kier alpha value is -3.64. The normalized spacial score (nSPS) is 12.0. The predicted octanol–water partition coefficient (Wildman–Crippen LogP) is 4.78. The van der Waals surface area contributed by atoms with Crippen LogP contribution in [0.3, 0.4) is 0 Å². The van der Waals surface area contributed by atoms with Crippen LogP contribution >= 0.6 is 0 Å². The number of benzene rings is 1. The Balaban J connectivity index is 1.75. The molecule has 1 aromatic carbocycles. The third-order valence-corrected chi connectivity index (χ3v) is 4.12.